The molecule has 2 heterocycles. The lowest BCUT2D eigenvalue weighted by molar-refractivity contribution is -0.123. The summed E-state index contributed by atoms with van der Waals surface area (Å²) in [4.78, 5) is 40.0. The number of benzene rings is 1. The summed E-state index contributed by atoms with van der Waals surface area (Å²) in [7, 11) is 0. The Balaban J connectivity index is 1.55. The maximum atomic E-state index is 12.8. The molecule has 7 nitrogen and oxygen atoms in total. The van der Waals surface area contributed by atoms with Gasteiger partial charge in [-0.25, -0.2) is 0 Å². The zero-order chi connectivity index (χ0) is 18.7. The Bertz CT molecular complexity index is 709. The minimum atomic E-state index is 0.0102. The van der Waals surface area contributed by atoms with Gasteiger partial charge in [-0.15, -0.1) is 0 Å². The molecule has 3 rings (SSSR count). The number of hydrogen-bond acceptors (Lipinski definition) is 4. The summed E-state index contributed by atoms with van der Waals surface area (Å²) in [6.07, 6.45) is 1.13. The van der Waals surface area contributed by atoms with Crippen molar-refractivity contribution < 1.29 is 14.4 Å². The van der Waals surface area contributed by atoms with Crippen molar-refractivity contribution in [3.05, 3.63) is 29.3 Å². The summed E-state index contributed by atoms with van der Waals surface area (Å²) in [6, 6.07) is 5.61. The van der Waals surface area contributed by atoms with E-state index >= 15 is 0 Å². The fourth-order valence-electron chi connectivity index (χ4n) is 3.38. The number of amides is 3. The number of fused-ring (bicyclic) bond motifs is 1. The van der Waals surface area contributed by atoms with Crippen molar-refractivity contribution >= 4 is 23.4 Å². The highest BCUT2D eigenvalue weighted by atomic mass is 16.2. The van der Waals surface area contributed by atoms with E-state index in [2.05, 4.69) is 15.5 Å². The van der Waals surface area contributed by atoms with Crippen LogP contribution < -0.4 is 10.6 Å². The number of anilines is 1. The molecule has 0 unspecified atom stereocenters. The Morgan fingerprint density at radius 3 is 2.58 bits per heavy atom. The molecule has 2 aliphatic heterocycles. The van der Waals surface area contributed by atoms with E-state index < -0.39 is 0 Å². The van der Waals surface area contributed by atoms with Gasteiger partial charge in [0.1, 0.15) is 0 Å². The van der Waals surface area contributed by atoms with Gasteiger partial charge in [0.25, 0.3) is 5.91 Å². The van der Waals surface area contributed by atoms with Crippen LogP contribution in [0, 0.1) is 0 Å². The Kier molecular flexibility index (Phi) is 5.56. The number of aryl methyl sites for hydroxylation is 1. The summed E-state index contributed by atoms with van der Waals surface area (Å²) < 4.78 is 0. The molecule has 0 saturated carbocycles. The van der Waals surface area contributed by atoms with Crippen LogP contribution >= 0.6 is 0 Å². The lowest BCUT2D eigenvalue weighted by Crippen LogP contribution is -2.51. The zero-order valence-electron chi connectivity index (χ0n) is 15.4. The molecule has 1 aromatic rings. The summed E-state index contributed by atoms with van der Waals surface area (Å²) in [5, 5.41) is 5.73. The van der Waals surface area contributed by atoms with Crippen LogP contribution in [0.3, 0.4) is 0 Å². The SMILES string of the molecule is CC(C)NC(=O)CN1CCN(C(=O)c2ccc3c(c2)CCC(=O)N3)CC1. The highest BCUT2D eigenvalue weighted by Crippen LogP contribution is 2.24. The van der Waals surface area contributed by atoms with E-state index in [1.54, 1.807) is 6.07 Å². The van der Waals surface area contributed by atoms with E-state index in [1.807, 2.05) is 30.9 Å². The number of piperazine rings is 1. The van der Waals surface area contributed by atoms with Crippen LogP contribution in [-0.2, 0) is 16.0 Å². The van der Waals surface area contributed by atoms with Gasteiger partial charge < -0.3 is 15.5 Å². The second-order valence-corrected chi connectivity index (χ2v) is 7.21. The van der Waals surface area contributed by atoms with Gasteiger partial charge in [0.05, 0.1) is 6.54 Å². The molecule has 0 aliphatic carbocycles. The first kappa shape index (κ1) is 18.4. The number of nitrogens with one attached hydrogen (secondary N) is 2. The van der Waals surface area contributed by atoms with E-state index in [0.717, 1.165) is 11.3 Å². The molecule has 0 radical (unpaired) electrons. The van der Waals surface area contributed by atoms with Gasteiger partial charge in [-0.3, -0.25) is 19.3 Å². The van der Waals surface area contributed by atoms with Crippen LogP contribution in [0.1, 0.15) is 36.2 Å². The van der Waals surface area contributed by atoms with Crippen LogP contribution in [0.5, 0.6) is 0 Å². The van der Waals surface area contributed by atoms with Crippen molar-refractivity contribution in [2.24, 2.45) is 0 Å². The third-order valence-electron chi connectivity index (χ3n) is 4.72. The standard InChI is InChI=1S/C19H26N4O3/c1-13(2)20-18(25)12-22-7-9-23(10-8-22)19(26)15-3-5-16-14(11-15)4-6-17(24)21-16/h3,5,11,13H,4,6-10,12H2,1-2H3,(H,20,25)(H,21,24). The third kappa shape index (κ3) is 4.40. The topological polar surface area (TPSA) is 81.8 Å². The number of hydrogen-bond donors (Lipinski definition) is 2. The number of rotatable bonds is 4. The Hall–Kier alpha value is -2.41. The number of carbonyl (C=O) groups excluding carboxylic acids is 3. The van der Waals surface area contributed by atoms with Gasteiger partial charge in [-0.1, -0.05) is 0 Å². The van der Waals surface area contributed by atoms with E-state index in [4.69, 9.17) is 0 Å². The minimum absolute atomic E-state index is 0.0102. The lowest BCUT2D eigenvalue weighted by atomic mass is 10.00. The Morgan fingerprint density at radius 1 is 1.15 bits per heavy atom. The van der Waals surface area contributed by atoms with E-state index in [0.29, 0.717) is 51.1 Å². The predicted octanol–water partition coefficient (Wildman–Crippen LogP) is 0.854. The molecular formula is C19H26N4O3. The monoisotopic (exact) mass is 358 g/mol. The van der Waals surface area contributed by atoms with Crippen LogP contribution in [-0.4, -0.2) is 66.3 Å². The molecule has 1 saturated heterocycles. The third-order valence-corrected chi connectivity index (χ3v) is 4.72. The first-order valence-electron chi connectivity index (χ1n) is 9.16. The number of carbonyl (C=O) groups is 3. The number of nitrogens with zero attached hydrogens (tertiary/aromatic N) is 2. The van der Waals surface area contributed by atoms with Gasteiger partial charge in [0, 0.05) is 49.9 Å². The average molecular weight is 358 g/mol. The van der Waals surface area contributed by atoms with Crippen molar-refractivity contribution in [1.29, 1.82) is 0 Å². The summed E-state index contributed by atoms with van der Waals surface area (Å²) in [6.45, 7) is 6.87. The van der Waals surface area contributed by atoms with Crippen LogP contribution in [0.15, 0.2) is 18.2 Å². The second kappa shape index (κ2) is 7.86. The van der Waals surface area contributed by atoms with E-state index in [1.165, 1.54) is 0 Å². The molecular weight excluding hydrogens is 332 g/mol. The Labute approximate surface area is 153 Å². The molecule has 0 atom stereocenters. The van der Waals surface area contributed by atoms with Crippen LogP contribution in [0.25, 0.3) is 0 Å². The van der Waals surface area contributed by atoms with E-state index in [9.17, 15) is 14.4 Å². The van der Waals surface area contributed by atoms with Crippen molar-refractivity contribution in [3.63, 3.8) is 0 Å². The molecule has 140 valence electrons. The highest BCUT2D eigenvalue weighted by molar-refractivity contribution is 5.98. The zero-order valence-corrected chi connectivity index (χ0v) is 15.4. The van der Waals surface area contributed by atoms with Crippen LogP contribution in [0.4, 0.5) is 5.69 Å². The van der Waals surface area contributed by atoms with Crippen molar-refractivity contribution in [1.82, 2.24) is 15.1 Å². The smallest absolute Gasteiger partial charge is 0.253 e. The predicted molar refractivity (Wildman–Crippen MR) is 99.0 cm³/mol. The summed E-state index contributed by atoms with van der Waals surface area (Å²) in [5.41, 5.74) is 2.48. The molecule has 0 aromatic heterocycles. The van der Waals surface area contributed by atoms with Gasteiger partial charge in [0.2, 0.25) is 11.8 Å². The van der Waals surface area contributed by atoms with Crippen molar-refractivity contribution in [2.45, 2.75) is 32.7 Å². The second-order valence-electron chi connectivity index (χ2n) is 7.21. The summed E-state index contributed by atoms with van der Waals surface area (Å²) >= 11 is 0. The normalized spacial score (nSPS) is 17.7. The molecule has 0 spiro atoms. The van der Waals surface area contributed by atoms with Gasteiger partial charge in [-0.05, 0) is 44.0 Å². The fraction of sp³-hybridized carbons (Fsp3) is 0.526. The summed E-state index contributed by atoms with van der Waals surface area (Å²) in [5.74, 6) is 0.0571. The fourth-order valence-corrected chi connectivity index (χ4v) is 3.38. The van der Waals surface area contributed by atoms with Gasteiger partial charge >= 0.3 is 0 Å². The largest absolute Gasteiger partial charge is 0.353 e. The molecule has 1 fully saturated rings. The molecule has 2 N–H and O–H groups in total. The maximum Gasteiger partial charge on any atom is 0.253 e. The van der Waals surface area contributed by atoms with Crippen LogP contribution in [0.2, 0.25) is 0 Å². The first-order chi connectivity index (χ1) is 12.4. The molecule has 2 aliphatic rings. The molecule has 26 heavy (non-hydrogen) atoms. The molecule has 3 amide bonds. The van der Waals surface area contributed by atoms with Gasteiger partial charge in [-0.2, -0.15) is 0 Å². The first-order valence-corrected chi connectivity index (χ1v) is 9.16. The lowest BCUT2D eigenvalue weighted by Gasteiger charge is -2.34. The van der Waals surface area contributed by atoms with Gasteiger partial charge in [0.15, 0.2) is 0 Å². The van der Waals surface area contributed by atoms with Crippen molar-refractivity contribution in [2.75, 3.05) is 38.0 Å². The molecule has 7 heteroatoms. The molecule has 0 bridgehead atoms. The maximum absolute atomic E-state index is 12.8. The Morgan fingerprint density at radius 2 is 1.88 bits per heavy atom. The quantitative estimate of drug-likeness (QED) is 0.836. The molecule has 1 aromatic carbocycles. The highest BCUT2D eigenvalue weighted by Gasteiger charge is 2.24. The van der Waals surface area contributed by atoms with E-state index in [-0.39, 0.29) is 23.8 Å². The minimum Gasteiger partial charge on any atom is -0.353 e. The average Bonchev–Trinajstić information content (AvgIpc) is 2.60. The van der Waals surface area contributed by atoms with Crippen molar-refractivity contribution in [3.8, 4) is 0 Å².